The number of hydrogen-bond acceptors (Lipinski definition) is 3. The molecular formula is C13H18ClN3O. The average molecular weight is 268 g/mol. The van der Waals surface area contributed by atoms with Gasteiger partial charge in [-0.1, -0.05) is 12.1 Å². The molecule has 1 N–H and O–H groups in total. The molecule has 2 aromatic rings. The Kier molecular flexibility index (Phi) is 5.04. The first-order valence-corrected chi connectivity index (χ1v) is 5.56. The number of methoxy groups -OCH3 is 1. The summed E-state index contributed by atoms with van der Waals surface area (Å²) in [4.78, 5) is 0. The Morgan fingerprint density at radius 1 is 1.39 bits per heavy atom. The fourth-order valence-electron chi connectivity index (χ4n) is 1.65. The monoisotopic (exact) mass is 267 g/mol. The van der Waals surface area contributed by atoms with Crippen molar-refractivity contribution in [1.82, 2.24) is 9.78 Å². The van der Waals surface area contributed by atoms with E-state index in [1.807, 2.05) is 43.0 Å². The molecule has 0 amide bonds. The summed E-state index contributed by atoms with van der Waals surface area (Å²) >= 11 is 0. The van der Waals surface area contributed by atoms with Gasteiger partial charge in [0.05, 0.1) is 24.7 Å². The maximum atomic E-state index is 5.19. The van der Waals surface area contributed by atoms with E-state index in [4.69, 9.17) is 4.74 Å². The molecule has 0 spiro atoms. The van der Waals surface area contributed by atoms with E-state index in [9.17, 15) is 0 Å². The largest absolute Gasteiger partial charge is 0.497 e. The first-order valence-electron chi connectivity index (χ1n) is 5.56. The fraction of sp³-hybridized carbons (Fsp3) is 0.308. The molecule has 0 aliphatic rings. The predicted octanol–water partition coefficient (Wildman–Crippen LogP) is 2.77. The van der Waals surface area contributed by atoms with Crippen molar-refractivity contribution < 1.29 is 4.74 Å². The molecule has 2 rings (SSSR count). The summed E-state index contributed by atoms with van der Waals surface area (Å²) in [5, 5.41) is 7.55. The molecule has 0 saturated heterocycles. The Hall–Kier alpha value is -1.68. The number of benzene rings is 1. The van der Waals surface area contributed by atoms with E-state index in [2.05, 4.69) is 16.5 Å². The van der Waals surface area contributed by atoms with Gasteiger partial charge in [0, 0.05) is 13.6 Å². The van der Waals surface area contributed by atoms with Crippen LogP contribution in [-0.2, 0) is 13.6 Å². The van der Waals surface area contributed by atoms with Crippen LogP contribution < -0.4 is 10.1 Å². The third-order valence-electron chi connectivity index (χ3n) is 2.85. The van der Waals surface area contributed by atoms with Crippen molar-refractivity contribution >= 4 is 18.1 Å². The van der Waals surface area contributed by atoms with Crippen molar-refractivity contribution in [1.29, 1.82) is 0 Å². The van der Waals surface area contributed by atoms with Crippen molar-refractivity contribution in [3.05, 3.63) is 41.7 Å². The number of aryl methyl sites for hydroxylation is 1. The Morgan fingerprint density at radius 2 is 2.17 bits per heavy atom. The lowest BCUT2D eigenvalue weighted by Crippen LogP contribution is -2.01. The average Bonchev–Trinajstić information content (AvgIpc) is 2.68. The Morgan fingerprint density at radius 3 is 2.78 bits per heavy atom. The highest BCUT2D eigenvalue weighted by molar-refractivity contribution is 5.85. The second-order valence-electron chi connectivity index (χ2n) is 3.97. The normalized spacial score (nSPS) is 9.72. The third kappa shape index (κ3) is 3.17. The highest BCUT2D eigenvalue weighted by Crippen LogP contribution is 2.16. The number of nitrogens with zero attached hydrogens (tertiary/aromatic N) is 2. The fourth-order valence-corrected chi connectivity index (χ4v) is 1.65. The second kappa shape index (κ2) is 6.31. The number of aromatic nitrogens is 2. The van der Waals surface area contributed by atoms with Crippen molar-refractivity contribution in [2.75, 3.05) is 12.4 Å². The number of rotatable bonds is 4. The Balaban J connectivity index is 0.00000162. The molecule has 1 heterocycles. The van der Waals surface area contributed by atoms with Gasteiger partial charge >= 0.3 is 0 Å². The van der Waals surface area contributed by atoms with E-state index < -0.39 is 0 Å². The summed E-state index contributed by atoms with van der Waals surface area (Å²) < 4.78 is 7.05. The quantitative estimate of drug-likeness (QED) is 0.926. The summed E-state index contributed by atoms with van der Waals surface area (Å²) in [5.74, 6) is 0.882. The van der Waals surface area contributed by atoms with Gasteiger partial charge in [0.25, 0.3) is 0 Å². The molecule has 0 radical (unpaired) electrons. The van der Waals surface area contributed by atoms with E-state index >= 15 is 0 Å². The molecule has 0 saturated carbocycles. The molecule has 0 bridgehead atoms. The molecule has 0 aliphatic carbocycles. The number of ether oxygens (including phenoxy) is 1. The molecule has 18 heavy (non-hydrogen) atoms. The minimum Gasteiger partial charge on any atom is -0.497 e. The second-order valence-corrected chi connectivity index (χ2v) is 3.97. The number of halogens is 1. The van der Waals surface area contributed by atoms with Gasteiger partial charge in [-0.05, 0) is 24.6 Å². The summed E-state index contributed by atoms with van der Waals surface area (Å²) in [6.45, 7) is 2.81. The van der Waals surface area contributed by atoms with Crippen LogP contribution in [0.5, 0.6) is 5.75 Å². The lowest BCUT2D eigenvalue weighted by Gasteiger charge is -2.07. The van der Waals surface area contributed by atoms with Crippen molar-refractivity contribution in [3.63, 3.8) is 0 Å². The van der Waals surface area contributed by atoms with Gasteiger partial charge in [-0.2, -0.15) is 5.10 Å². The van der Waals surface area contributed by atoms with Crippen LogP contribution >= 0.6 is 12.4 Å². The molecular weight excluding hydrogens is 250 g/mol. The van der Waals surface area contributed by atoms with Gasteiger partial charge in [0.15, 0.2) is 0 Å². The maximum absolute atomic E-state index is 5.19. The zero-order valence-electron chi connectivity index (χ0n) is 10.8. The highest BCUT2D eigenvalue weighted by Gasteiger charge is 2.03. The zero-order chi connectivity index (χ0) is 12.3. The first-order chi connectivity index (χ1) is 8.20. The molecule has 0 unspecified atom stereocenters. The third-order valence-corrected chi connectivity index (χ3v) is 2.85. The Bertz CT molecular complexity index is 511. The van der Waals surface area contributed by atoms with Gasteiger partial charge in [0.2, 0.25) is 0 Å². The molecule has 0 atom stereocenters. The van der Waals surface area contributed by atoms with Crippen molar-refractivity contribution in [2.45, 2.75) is 13.5 Å². The van der Waals surface area contributed by atoms with Crippen LogP contribution in [0.25, 0.3) is 0 Å². The minimum absolute atomic E-state index is 0. The summed E-state index contributed by atoms with van der Waals surface area (Å²) in [6.07, 6.45) is 1.84. The van der Waals surface area contributed by atoms with Gasteiger partial charge in [-0.3, -0.25) is 4.68 Å². The van der Waals surface area contributed by atoms with Crippen molar-refractivity contribution in [2.24, 2.45) is 7.05 Å². The predicted molar refractivity (Wildman–Crippen MR) is 75.5 cm³/mol. The molecule has 1 aromatic carbocycles. The standard InChI is InChI=1S/C13H17N3O.ClH/c1-10-13(9-15-16(10)2)14-8-11-5-4-6-12(7-11)17-3;/h4-7,9,14H,8H2,1-3H3;1H. The van der Waals surface area contributed by atoms with Crippen LogP contribution in [0.4, 0.5) is 5.69 Å². The van der Waals surface area contributed by atoms with E-state index in [-0.39, 0.29) is 12.4 Å². The van der Waals surface area contributed by atoms with Gasteiger partial charge in [-0.15, -0.1) is 12.4 Å². The van der Waals surface area contributed by atoms with E-state index in [1.54, 1.807) is 7.11 Å². The van der Waals surface area contributed by atoms with Crippen molar-refractivity contribution in [3.8, 4) is 5.75 Å². The Labute approximate surface area is 113 Å². The minimum atomic E-state index is 0. The van der Waals surface area contributed by atoms with Crippen LogP contribution in [0.3, 0.4) is 0 Å². The van der Waals surface area contributed by atoms with Crippen LogP contribution in [0.1, 0.15) is 11.3 Å². The molecule has 0 aliphatic heterocycles. The van der Waals surface area contributed by atoms with Crippen LogP contribution in [0, 0.1) is 6.92 Å². The lowest BCUT2D eigenvalue weighted by molar-refractivity contribution is 0.414. The summed E-state index contributed by atoms with van der Waals surface area (Å²) in [6, 6.07) is 8.03. The molecule has 0 fully saturated rings. The molecule has 1 aromatic heterocycles. The summed E-state index contributed by atoms with van der Waals surface area (Å²) in [7, 11) is 3.61. The van der Waals surface area contributed by atoms with Gasteiger partial charge in [0.1, 0.15) is 5.75 Å². The lowest BCUT2D eigenvalue weighted by atomic mass is 10.2. The van der Waals surface area contributed by atoms with Crippen LogP contribution in [0.15, 0.2) is 30.5 Å². The van der Waals surface area contributed by atoms with E-state index in [0.717, 1.165) is 23.7 Å². The topological polar surface area (TPSA) is 39.1 Å². The van der Waals surface area contributed by atoms with Crippen LogP contribution in [-0.4, -0.2) is 16.9 Å². The highest BCUT2D eigenvalue weighted by atomic mass is 35.5. The number of hydrogen-bond donors (Lipinski definition) is 1. The SMILES string of the molecule is COc1cccc(CNc2cnn(C)c2C)c1.Cl. The van der Waals surface area contributed by atoms with E-state index in [1.165, 1.54) is 5.56 Å². The van der Waals surface area contributed by atoms with Gasteiger partial charge < -0.3 is 10.1 Å². The smallest absolute Gasteiger partial charge is 0.119 e. The summed E-state index contributed by atoms with van der Waals surface area (Å²) in [5.41, 5.74) is 3.39. The zero-order valence-corrected chi connectivity index (χ0v) is 11.6. The maximum Gasteiger partial charge on any atom is 0.119 e. The number of anilines is 1. The van der Waals surface area contributed by atoms with Gasteiger partial charge in [-0.25, -0.2) is 0 Å². The first kappa shape index (κ1) is 14.4. The van der Waals surface area contributed by atoms with E-state index in [0.29, 0.717) is 0 Å². The molecule has 5 heteroatoms. The molecule has 98 valence electrons. The molecule has 4 nitrogen and oxygen atoms in total. The van der Waals surface area contributed by atoms with Crippen LogP contribution in [0.2, 0.25) is 0 Å². The number of nitrogens with one attached hydrogen (secondary N) is 1.